The number of hydrogen-bond donors (Lipinski definition) is 1. The number of nitrogens with zero attached hydrogens (tertiary/aromatic N) is 1. The van der Waals surface area contributed by atoms with Crippen molar-refractivity contribution >= 4 is 0 Å². The summed E-state index contributed by atoms with van der Waals surface area (Å²) in [5.41, 5.74) is 1.63. The quantitative estimate of drug-likeness (QED) is 0.818. The Morgan fingerprint density at radius 2 is 2.21 bits per heavy atom. The van der Waals surface area contributed by atoms with Gasteiger partial charge in [-0.15, -0.1) is 0 Å². The minimum absolute atomic E-state index is 0.248. The maximum absolute atomic E-state index is 5.78. The molecule has 0 radical (unpaired) electrons. The number of ether oxygens (including phenoxy) is 1. The van der Waals surface area contributed by atoms with Crippen molar-refractivity contribution in [2.45, 2.75) is 65.8 Å². The highest BCUT2D eigenvalue weighted by molar-refractivity contribution is 5.09. The van der Waals surface area contributed by atoms with Crippen LogP contribution in [0.25, 0.3) is 0 Å². The third-order valence-corrected chi connectivity index (χ3v) is 4.46. The van der Waals surface area contributed by atoms with E-state index in [1.54, 1.807) is 0 Å². The smallest absolute Gasteiger partial charge is 0.0655 e. The third kappa shape index (κ3) is 3.03. The summed E-state index contributed by atoms with van der Waals surface area (Å²) in [6.07, 6.45) is 4.91. The van der Waals surface area contributed by atoms with Gasteiger partial charge in [0.05, 0.1) is 6.10 Å². The zero-order valence-electron chi connectivity index (χ0n) is 12.8. The molecule has 2 rings (SSSR count). The second-order valence-electron chi connectivity index (χ2n) is 6.13. The van der Waals surface area contributed by atoms with E-state index in [1.165, 1.54) is 12.1 Å². The lowest BCUT2D eigenvalue weighted by Crippen LogP contribution is -2.60. The van der Waals surface area contributed by atoms with Crippen LogP contribution in [0, 0.1) is 5.41 Å². The summed E-state index contributed by atoms with van der Waals surface area (Å²) in [7, 11) is 0. The Balaban J connectivity index is 1.85. The molecular weight excluding hydrogens is 236 g/mol. The first-order valence-corrected chi connectivity index (χ1v) is 7.58. The normalized spacial score (nSPS) is 25.3. The van der Waals surface area contributed by atoms with E-state index >= 15 is 0 Å². The Labute approximate surface area is 117 Å². The van der Waals surface area contributed by atoms with E-state index in [1.807, 2.05) is 0 Å². The second-order valence-corrected chi connectivity index (χ2v) is 6.13. The lowest BCUT2D eigenvalue weighted by molar-refractivity contribution is -0.114. The fraction of sp³-hybridized carbons (Fsp3) is 0.750. The second kappa shape index (κ2) is 6.10. The molecule has 1 fully saturated rings. The van der Waals surface area contributed by atoms with Crippen LogP contribution in [0.2, 0.25) is 0 Å². The van der Waals surface area contributed by atoms with Gasteiger partial charge in [-0.1, -0.05) is 20.8 Å². The van der Waals surface area contributed by atoms with Gasteiger partial charge in [-0.2, -0.15) is 0 Å². The molecule has 1 aromatic heterocycles. The fourth-order valence-corrected chi connectivity index (χ4v) is 3.01. The van der Waals surface area contributed by atoms with Crippen LogP contribution >= 0.6 is 0 Å². The molecule has 0 bridgehead atoms. The van der Waals surface area contributed by atoms with Crippen LogP contribution in [0.15, 0.2) is 18.3 Å². The zero-order valence-corrected chi connectivity index (χ0v) is 12.8. The van der Waals surface area contributed by atoms with Gasteiger partial charge < -0.3 is 14.6 Å². The fourth-order valence-electron chi connectivity index (χ4n) is 3.01. The van der Waals surface area contributed by atoms with Gasteiger partial charge in [-0.25, -0.2) is 0 Å². The Morgan fingerprint density at radius 3 is 2.84 bits per heavy atom. The number of hydrogen-bond acceptors (Lipinski definition) is 2. The van der Waals surface area contributed by atoms with E-state index in [0.29, 0.717) is 12.1 Å². The third-order valence-electron chi connectivity index (χ3n) is 4.46. The summed E-state index contributed by atoms with van der Waals surface area (Å²) in [5.74, 6) is 0. The lowest BCUT2D eigenvalue weighted by atomic mass is 9.64. The van der Waals surface area contributed by atoms with Gasteiger partial charge in [-0.05, 0) is 31.9 Å². The van der Waals surface area contributed by atoms with E-state index in [-0.39, 0.29) is 5.41 Å². The van der Waals surface area contributed by atoms with Crippen LogP contribution in [0.1, 0.15) is 46.2 Å². The van der Waals surface area contributed by atoms with Crippen LogP contribution in [0.5, 0.6) is 0 Å². The molecule has 2 unspecified atom stereocenters. The molecule has 3 nitrogen and oxygen atoms in total. The Bertz CT molecular complexity index is 397. The van der Waals surface area contributed by atoms with E-state index in [0.717, 1.165) is 26.1 Å². The number of rotatable bonds is 7. The minimum atomic E-state index is 0.248. The molecule has 0 aromatic carbocycles. The molecule has 0 aliphatic heterocycles. The molecule has 19 heavy (non-hydrogen) atoms. The van der Waals surface area contributed by atoms with Crippen LogP contribution in [0.3, 0.4) is 0 Å². The Hall–Kier alpha value is -0.800. The molecule has 0 amide bonds. The molecule has 3 heteroatoms. The van der Waals surface area contributed by atoms with Gasteiger partial charge in [0.25, 0.3) is 0 Å². The van der Waals surface area contributed by atoms with Crippen molar-refractivity contribution in [1.29, 1.82) is 0 Å². The first kappa shape index (κ1) is 14.6. The standard InChI is InChI=1S/C16H28N2O/c1-5-9-18-10-7-8-13(18)12-17-14-11-15(19-6-2)16(14,3)4/h7-8,10,14-15,17H,5-6,9,11-12H2,1-4H3. The summed E-state index contributed by atoms with van der Waals surface area (Å²) in [4.78, 5) is 0. The lowest BCUT2D eigenvalue weighted by Gasteiger charge is -2.52. The SMILES string of the molecule is CCCn1cccc1CNC1CC(OCC)C1(C)C. The van der Waals surface area contributed by atoms with Crippen LogP contribution < -0.4 is 5.32 Å². The molecule has 1 N–H and O–H groups in total. The molecule has 0 saturated heterocycles. The van der Waals surface area contributed by atoms with E-state index in [4.69, 9.17) is 4.74 Å². The molecule has 1 saturated carbocycles. The van der Waals surface area contributed by atoms with Gasteiger partial charge in [-0.3, -0.25) is 0 Å². The maximum atomic E-state index is 5.78. The van der Waals surface area contributed by atoms with Gasteiger partial charge in [0, 0.05) is 43.0 Å². The van der Waals surface area contributed by atoms with Crippen molar-refractivity contribution in [2.75, 3.05) is 6.61 Å². The highest BCUT2D eigenvalue weighted by Gasteiger charge is 2.48. The molecule has 0 spiro atoms. The molecule has 2 atom stereocenters. The zero-order chi connectivity index (χ0) is 13.9. The van der Waals surface area contributed by atoms with Gasteiger partial charge in [0.1, 0.15) is 0 Å². The highest BCUT2D eigenvalue weighted by Crippen LogP contribution is 2.42. The van der Waals surface area contributed by atoms with Gasteiger partial charge in [0.2, 0.25) is 0 Å². The molecule has 1 aliphatic carbocycles. The summed E-state index contributed by atoms with van der Waals surface area (Å²) in [5, 5.41) is 3.70. The monoisotopic (exact) mass is 264 g/mol. The van der Waals surface area contributed by atoms with Crippen molar-refractivity contribution < 1.29 is 4.74 Å². The van der Waals surface area contributed by atoms with Crippen molar-refractivity contribution in [3.05, 3.63) is 24.0 Å². The summed E-state index contributed by atoms with van der Waals surface area (Å²) in [6, 6.07) is 4.92. The predicted octanol–water partition coefficient (Wildman–Crippen LogP) is 3.19. The summed E-state index contributed by atoms with van der Waals surface area (Å²) >= 11 is 0. The Morgan fingerprint density at radius 1 is 1.42 bits per heavy atom. The number of nitrogens with one attached hydrogen (secondary N) is 1. The number of aryl methyl sites for hydroxylation is 1. The van der Waals surface area contributed by atoms with E-state index < -0.39 is 0 Å². The van der Waals surface area contributed by atoms with Crippen LogP contribution in [-0.4, -0.2) is 23.3 Å². The van der Waals surface area contributed by atoms with Crippen molar-refractivity contribution in [1.82, 2.24) is 9.88 Å². The largest absolute Gasteiger partial charge is 0.378 e. The van der Waals surface area contributed by atoms with Crippen molar-refractivity contribution in [3.63, 3.8) is 0 Å². The first-order chi connectivity index (χ1) is 9.09. The average Bonchev–Trinajstić information content (AvgIpc) is 2.81. The summed E-state index contributed by atoms with van der Waals surface area (Å²) < 4.78 is 8.12. The molecule has 1 heterocycles. The van der Waals surface area contributed by atoms with Crippen molar-refractivity contribution in [3.8, 4) is 0 Å². The molecule has 1 aromatic rings. The van der Waals surface area contributed by atoms with E-state index in [9.17, 15) is 0 Å². The molecule has 1 aliphatic rings. The van der Waals surface area contributed by atoms with Crippen LogP contribution in [-0.2, 0) is 17.8 Å². The minimum Gasteiger partial charge on any atom is -0.378 e. The Kier molecular flexibility index (Phi) is 4.69. The number of aromatic nitrogens is 1. The highest BCUT2D eigenvalue weighted by atomic mass is 16.5. The maximum Gasteiger partial charge on any atom is 0.0655 e. The average molecular weight is 264 g/mol. The van der Waals surface area contributed by atoms with Crippen LogP contribution in [0.4, 0.5) is 0 Å². The predicted molar refractivity (Wildman–Crippen MR) is 79.2 cm³/mol. The molecule has 108 valence electrons. The van der Waals surface area contributed by atoms with Gasteiger partial charge >= 0.3 is 0 Å². The van der Waals surface area contributed by atoms with Gasteiger partial charge in [0.15, 0.2) is 0 Å². The van der Waals surface area contributed by atoms with Crippen molar-refractivity contribution in [2.24, 2.45) is 5.41 Å². The topological polar surface area (TPSA) is 26.2 Å². The molecular formula is C16H28N2O. The van der Waals surface area contributed by atoms with E-state index in [2.05, 4.69) is 55.9 Å². The summed E-state index contributed by atoms with van der Waals surface area (Å²) in [6.45, 7) is 11.8. The first-order valence-electron chi connectivity index (χ1n) is 7.58.